The van der Waals surface area contributed by atoms with Gasteiger partial charge in [-0.3, -0.25) is 4.79 Å². The van der Waals surface area contributed by atoms with Crippen LogP contribution < -0.4 is 5.32 Å². The van der Waals surface area contributed by atoms with E-state index in [-0.39, 0.29) is 11.7 Å². The standard InChI is InChI=1S/C19H16N2O2/c22-13-20-18-8-4-5-9-19(18)21-16-10-15(11-17(23)12-16)14-6-2-1-3-7-14/h1-9,12,15,21H,10-11H2. The van der Waals surface area contributed by atoms with Crippen molar-refractivity contribution in [3.8, 4) is 0 Å². The van der Waals surface area contributed by atoms with Gasteiger partial charge in [-0.2, -0.15) is 4.99 Å². The Morgan fingerprint density at radius 1 is 1.00 bits per heavy atom. The molecule has 23 heavy (non-hydrogen) atoms. The molecule has 114 valence electrons. The van der Waals surface area contributed by atoms with Crippen LogP contribution in [0, 0.1) is 0 Å². The van der Waals surface area contributed by atoms with E-state index in [9.17, 15) is 9.59 Å². The molecule has 2 aromatic carbocycles. The van der Waals surface area contributed by atoms with Crippen LogP contribution >= 0.6 is 0 Å². The highest BCUT2D eigenvalue weighted by atomic mass is 16.1. The topological polar surface area (TPSA) is 58.5 Å². The number of isocyanates is 1. The first-order valence-electron chi connectivity index (χ1n) is 7.48. The summed E-state index contributed by atoms with van der Waals surface area (Å²) in [6, 6.07) is 17.2. The predicted molar refractivity (Wildman–Crippen MR) is 89.4 cm³/mol. The van der Waals surface area contributed by atoms with Gasteiger partial charge in [0.15, 0.2) is 5.78 Å². The largest absolute Gasteiger partial charge is 0.357 e. The van der Waals surface area contributed by atoms with Crippen LogP contribution in [0.3, 0.4) is 0 Å². The molecule has 4 nitrogen and oxygen atoms in total. The van der Waals surface area contributed by atoms with Gasteiger partial charge in [0.05, 0.1) is 11.4 Å². The van der Waals surface area contributed by atoms with Crippen LogP contribution in [-0.2, 0) is 9.59 Å². The average Bonchev–Trinajstić information content (AvgIpc) is 2.57. The molecule has 0 amide bonds. The molecule has 0 bridgehead atoms. The number of aliphatic imine (C=N–C) groups is 1. The van der Waals surface area contributed by atoms with Crippen LogP contribution in [0.25, 0.3) is 0 Å². The Balaban J connectivity index is 1.83. The number of ketones is 1. The van der Waals surface area contributed by atoms with E-state index in [0.717, 1.165) is 17.7 Å². The molecular weight excluding hydrogens is 288 g/mol. The number of anilines is 1. The maximum Gasteiger partial charge on any atom is 0.240 e. The number of para-hydroxylation sites is 2. The van der Waals surface area contributed by atoms with Gasteiger partial charge in [-0.15, -0.1) is 0 Å². The highest BCUT2D eigenvalue weighted by molar-refractivity contribution is 5.92. The smallest absolute Gasteiger partial charge is 0.240 e. The summed E-state index contributed by atoms with van der Waals surface area (Å²) in [5.74, 6) is 0.266. The summed E-state index contributed by atoms with van der Waals surface area (Å²) in [4.78, 5) is 26.3. The molecule has 4 heteroatoms. The summed E-state index contributed by atoms with van der Waals surface area (Å²) in [7, 11) is 0. The molecular formula is C19H16N2O2. The minimum atomic E-state index is 0.101. The number of nitrogens with one attached hydrogen (secondary N) is 1. The highest BCUT2D eigenvalue weighted by Gasteiger charge is 2.22. The molecule has 0 saturated heterocycles. The Labute approximate surface area is 134 Å². The molecule has 0 aliphatic heterocycles. The zero-order valence-corrected chi connectivity index (χ0v) is 12.5. The van der Waals surface area contributed by atoms with Crippen LogP contribution in [0.4, 0.5) is 11.4 Å². The summed E-state index contributed by atoms with van der Waals surface area (Å²) in [5, 5.41) is 3.23. The molecule has 3 rings (SSSR count). The van der Waals surface area contributed by atoms with Crippen molar-refractivity contribution >= 4 is 23.2 Å². The number of hydrogen-bond donors (Lipinski definition) is 1. The van der Waals surface area contributed by atoms with E-state index in [1.807, 2.05) is 42.5 Å². The van der Waals surface area contributed by atoms with Crippen LogP contribution in [0.15, 0.2) is 71.4 Å². The van der Waals surface area contributed by atoms with E-state index >= 15 is 0 Å². The molecule has 0 fully saturated rings. The molecule has 0 spiro atoms. The number of carbonyl (C=O) groups is 1. The van der Waals surface area contributed by atoms with Gasteiger partial charge in [-0.25, -0.2) is 4.79 Å². The zero-order valence-electron chi connectivity index (χ0n) is 12.5. The second-order valence-electron chi connectivity index (χ2n) is 5.50. The number of nitrogens with zero attached hydrogens (tertiary/aromatic N) is 1. The average molecular weight is 304 g/mol. The van der Waals surface area contributed by atoms with E-state index < -0.39 is 0 Å². The summed E-state index contributed by atoms with van der Waals surface area (Å²) >= 11 is 0. The Morgan fingerprint density at radius 3 is 2.52 bits per heavy atom. The Bertz CT molecular complexity index is 790. The molecule has 1 unspecified atom stereocenters. The third-order valence-corrected chi connectivity index (χ3v) is 3.89. The van der Waals surface area contributed by atoms with Crippen molar-refractivity contribution in [2.24, 2.45) is 4.99 Å². The van der Waals surface area contributed by atoms with E-state index in [4.69, 9.17) is 0 Å². The maximum atomic E-state index is 12.1. The fourth-order valence-corrected chi connectivity index (χ4v) is 2.84. The summed E-state index contributed by atoms with van der Waals surface area (Å²) in [6.45, 7) is 0. The van der Waals surface area contributed by atoms with Gasteiger partial charge >= 0.3 is 0 Å². The Morgan fingerprint density at radius 2 is 1.74 bits per heavy atom. The molecule has 0 heterocycles. The van der Waals surface area contributed by atoms with Gasteiger partial charge in [-0.05, 0) is 30.0 Å². The fraction of sp³-hybridized carbons (Fsp3) is 0.158. The van der Waals surface area contributed by atoms with Crippen molar-refractivity contribution in [2.45, 2.75) is 18.8 Å². The van der Waals surface area contributed by atoms with E-state index in [1.54, 1.807) is 24.3 Å². The third kappa shape index (κ3) is 3.62. The number of hydrogen-bond acceptors (Lipinski definition) is 4. The Hall–Kier alpha value is -2.97. The van der Waals surface area contributed by atoms with Crippen LogP contribution in [0.5, 0.6) is 0 Å². The summed E-state index contributed by atoms with van der Waals surface area (Å²) in [5.41, 5.74) is 3.21. The SMILES string of the molecule is O=C=Nc1ccccc1NC1=CC(=O)CC(c2ccccc2)C1. The van der Waals surface area contributed by atoms with Gasteiger partial charge in [-0.1, -0.05) is 42.5 Å². The second kappa shape index (κ2) is 6.86. The van der Waals surface area contributed by atoms with Crippen molar-refractivity contribution in [1.29, 1.82) is 0 Å². The minimum absolute atomic E-state index is 0.101. The molecule has 1 aliphatic carbocycles. The van der Waals surface area contributed by atoms with Gasteiger partial charge < -0.3 is 5.32 Å². The van der Waals surface area contributed by atoms with Crippen LogP contribution in [-0.4, -0.2) is 11.9 Å². The molecule has 0 saturated carbocycles. The fourth-order valence-electron chi connectivity index (χ4n) is 2.84. The van der Waals surface area contributed by atoms with Crippen molar-refractivity contribution in [2.75, 3.05) is 5.32 Å². The van der Waals surface area contributed by atoms with Gasteiger partial charge in [0.1, 0.15) is 0 Å². The lowest BCUT2D eigenvalue weighted by atomic mass is 9.85. The van der Waals surface area contributed by atoms with Crippen LogP contribution in [0.1, 0.15) is 24.3 Å². The predicted octanol–water partition coefficient (Wildman–Crippen LogP) is 4.10. The van der Waals surface area contributed by atoms with Gasteiger partial charge in [0.2, 0.25) is 6.08 Å². The zero-order chi connectivity index (χ0) is 16.1. The lowest BCUT2D eigenvalue weighted by Crippen LogP contribution is -2.16. The van der Waals surface area contributed by atoms with Gasteiger partial charge in [0.25, 0.3) is 0 Å². The van der Waals surface area contributed by atoms with E-state index in [1.165, 1.54) is 0 Å². The van der Waals surface area contributed by atoms with E-state index in [2.05, 4.69) is 10.3 Å². The molecule has 0 radical (unpaired) electrons. The lowest BCUT2D eigenvalue weighted by molar-refractivity contribution is -0.115. The van der Waals surface area contributed by atoms with Crippen molar-refractivity contribution < 1.29 is 9.59 Å². The first-order chi connectivity index (χ1) is 11.3. The summed E-state index contributed by atoms with van der Waals surface area (Å²) < 4.78 is 0. The number of allylic oxidation sites excluding steroid dienone is 2. The minimum Gasteiger partial charge on any atom is -0.357 e. The Kier molecular flexibility index (Phi) is 4.46. The quantitative estimate of drug-likeness (QED) is 0.683. The van der Waals surface area contributed by atoms with Crippen molar-refractivity contribution in [3.05, 3.63) is 71.9 Å². The molecule has 1 N–H and O–H groups in total. The first kappa shape index (κ1) is 14.9. The second-order valence-corrected chi connectivity index (χ2v) is 5.50. The monoisotopic (exact) mass is 304 g/mol. The molecule has 1 atom stereocenters. The molecule has 2 aromatic rings. The van der Waals surface area contributed by atoms with E-state index in [0.29, 0.717) is 17.8 Å². The van der Waals surface area contributed by atoms with Crippen molar-refractivity contribution in [3.63, 3.8) is 0 Å². The maximum absolute atomic E-state index is 12.1. The number of carbonyl (C=O) groups excluding carboxylic acids is 2. The highest BCUT2D eigenvalue weighted by Crippen LogP contribution is 2.33. The van der Waals surface area contributed by atoms with Crippen molar-refractivity contribution in [1.82, 2.24) is 0 Å². The normalized spacial score (nSPS) is 17.1. The number of benzene rings is 2. The molecule has 1 aliphatic rings. The van der Waals surface area contributed by atoms with Crippen LogP contribution in [0.2, 0.25) is 0 Å². The van der Waals surface area contributed by atoms with Gasteiger partial charge in [0, 0.05) is 18.2 Å². The third-order valence-electron chi connectivity index (χ3n) is 3.89. The first-order valence-corrected chi connectivity index (χ1v) is 7.48. The summed E-state index contributed by atoms with van der Waals surface area (Å²) in [6.07, 6.45) is 4.46. The molecule has 0 aromatic heterocycles. The lowest BCUT2D eigenvalue weighted by Gasteiger charge is -2.23. The number of rotatable bonds is 4.